The average Bonchev–Trinajstić information content (AvgIpc) is 3.57. The molecule has 1 aliphatic heterocycles. The number of carbonyl (C=O) groups excluding carboxylic acids is 1. The maximum absolute atomic E-state index is 14.2. The first-order valence-electron chi connectivity index (χ1n) is 14.0. The summed E-state index contributed by atoms with van der Waals surface area (Å²) in [5, 5.41) is 3.41. The standard InChI is InChI=1S/C31H40BF2N3O2/c1-19(2)15-27(31(38)39-26-9-7-8-10-26)35-18-24-11-13-25(14-12-24)28(29-20(3)16-22(5)36-29)30-21(4)17-23(6)37(30)32(33)34/h11-14,16-17,19,26-27,35H,7-10,15,18H2,1-6H3/b29-28-/t27-/m0/s1. The molecule has 1 N–H and O–H groups in total. The van der Waals surface area contributed by atoms with E-state index < -0.39 is 7.40 Å². The molecule has 1 saturated carbocycles. The number of hydrogen-bond acceptors (Lipinski definition) is 4. The van der Waals surface area contributed by atoms with Crippen molar-refractivity contribution in [1.82, 2.24) is 9.79 Å². The zero-order valence-corrected chi connectivity index (χ0v) is 24.0. The highest BCUT2D eigenvalue weighted by Gasteiger charge is 2.29. The van der Waals surface area contributed by atoms with Crippen LogP contribution in [-0.4, -0.2) is 35.7 Å². The molecule has 8 heteroatoms. The third-order valence-corrected chi connectivity index (χ3v) is 7.55. The van der Waals surface area contributed by atoms with Crippen LogP contribution < -0.4 is 5.32 Å². The van der Waals surface area contributed by atoms with E-state index in [1.807, 2.05) is 51.1 Å². The molecule has 0 bridgehead atoms. The minimum Gasteiger partial charge on any atom is -0.461 e. The number of rotatable bonds is 10. The lowest BCUT2D eigenvalue weighted by atomic mass is 9.94. The zero-order chi connectivity index (χ0) is 28.3. The molecule has 2 aliphatic rings. The molecule has 2 aromatic rings. The molecule has 1 aromatic heterocycles. The summed E-state index contributed by atoms with van der Waals surface area (Å²) in [6, 6.07) is 9.32. The topological polar surface area (TPSA) is 55.6 Å². The first kappa shape index (κ1) is 29.0. The lowest BCUT2D eigenvalue weighted by molar-refractivity contribution is -0.151. The van der Waals surface area contributed by atoms with Gasteiger partial charge in [0, 0.05) is 29.2 Å². The summed E-state index contributed by atoms with van der Waals surface area (Å²) in [6.07, 6.45) is 6.85. The van der Waals surface area contributed by atoms with Crippen LogP contribution in [0.5, 0.6) is 0 Å². The molecule has 0 saturated heterocycles. The number of esters is 1. The summed E-state index contributed by atoms with van der Waals surface area (Å²) in [7, 11) is -2.66. The largest absolute Gasteiger partial charge is 0.677 e. The number of ether oxygens (including phenoxy) is 1. The molecular weight excluding hydrogens is 495 g/mol. The lowest BCUT2D eigenvalue weighted by Gasteiger charge is -2.22. The van der Waals surface area contributed by atoms with E-state index in [9.17, 15) is 13.4 Å². The highest BCUT2D eigenvalue weighted by atomic mass is 19.2. The molecule has 39 heavy (non-hydrogen) atoms. The second kappa shape index (κ2) is 12.5. The summed E-state index contributed by atoms with van der Waals surface area (Å²) >= 11 is 0. The van der Waals surface area contributed by atoms with Gasteiger partial charge in [0.05, 0.1) is 5.70 Å². The minimum atomic E-state index is -2.66. The molecule has 0 spiro atoms. The Morgan fingerprint density at radius 2 is 1.79 bits per heavy atom. The van der Waals surface area contributed by atoms with Gasteiger partial charge in [-0.1, -0.05) is 38.1 Å². The Bertz CT molecular complexity index is 1290. The number of aliphatic imine (C=N–C) groups is 1. The van der Waals surface area contributed by atoms with Crippen LogP contribution in [0.15, 0.2) is 52.7 Å². The molecule has 4 rings (SSSR count). The van der Waals surface area contributed by atoms with Gasteiger partial charge in [-0.2, -0.15) is 0 Å². The number of nitrogens with zero attached hydrogens (tertiary/aromatic N) is 2. The van der Waals surface area contributed by atoms with Crippen LogP contribution in [0.25, 0.3) is 5.57 Å². The number of nitrogens with one attached hydrogen (secondary N) is 1. The number of hydrogen-bond donors (Lipinski definition) is 1. The van der Waals surface area contributed by atoms with E-state index in [-0.39, 0.29) is 18.1 Å². The Morgan fingerprint density at radius 3 is 2.36 bits per heavy atom. The van der Waals surface area contributed by atoms with Gasteiger partial charge in [-0.25, -0.2) is 0 Å². The number of allylic oxidation sites excluding steroid dienone is 2. The summed E-state index contributed by atoms with van der Waals surface area (Å²) < 4.78 is 35.3. The van der Waals surface area contributed by atoms with Crippen LogP contribution in [0.2, 0.25) is 0 Å². The molecule has 0 radical (unpaired) electrons. The van der Waals surface area contributed by atoms with Crippen molar-refractivity contribution < 1.29 is 18.2 Å². The van der Waals surface area contributed by atoms with Crippen LogP contribution in [0.4, 0.5) is 8.63 Å². The molecule has 208 valence electrons. The van der Waals surface area contributed by atoms with Crippen molar-refractivity contribution in [2.75, 3.05) is 0 Å². The van der Waals surface area contributed by atoms with Gasteiger partial charge in [0.15, 0.2) is 0 Å². The molecule has 5 nitrogen and oxygen atoms in total. The molecule has 1 fully saturated rings. The third kappa shape index (κ3) is 6.78. The molecule has 1 aliphatic carbocycles. The first-order chi connectivity index (χ1) is 18.5. The van der Waals surface area contributed by atoms with Gasteiger partial charge in [-0.05, 0) is 100 Å². The lowest BCUT2D eigenvalue weighted by Crippen LogP contribution is -2.40. The van der Waals surface area contributed by atoms with E-state index in [1.54, 1.807) is 13.0 Å². The van der Waals surface area contributed by atoms with Gasteiger partial charge < -0.3 is 14.5 Å². The molecular formula is C31H40BF2N3O2. The quantitative estimate of drug-likeness (QED) is 0.262. The van der Waals surface area contributed by atoms with Crippen LogP contribution in [0.3, 0.4) is 0 Å². The van der Waals surface area contributed by atoms with Gasteiger partial charge in [0.25, 0.3) is 0 Å². The van der Waals surface area contributed by atoms with E-state index in [1.165, 1.54) is 0 Å². The predicted octanol–water partition coefficient (Wildman–Crippen LogP) is 7.05. The fourth-order valence-electron chi connectivity index (χ4n) is 5.72. The number of carbonyl (C=O) groups is 1. The predicted molar refractivity (Wildman–Crippen MR) is 155 cm³/mol. The van der Waals surface area contributed by atoms with Crippen molar-refractivity contribution in [3.05, 3.63) is 75.8 Å². The number of benzene rings is 1. The first-order valence-corrected chi connectivity index (χ1v) is 14.0. The highest BCUT2D eigenvalue weighted by molar-refractivity contribution is 6.41. The Labute approximate surface area is 231 Å². The Hall–Kier alpha value is -3.00. The molecule has 1 aromatic carbocycles. The summed E-state index contributed by atoms with van der Waals surface area (Å²) in [4.78, 5) is 17.6. The van der Waals surface area contributed by atoms with Crippen molar-refractivity contribution in [3.8, 4) is 0 Å². The van der Waals surface area contributed by atoms with E-state index >= 15 is 0 Å². The van der Waals surface area contributed by atoms with Gasteiger partial charge in [-0.15, -0.1) is 0 Å². The maximum Gasteiger partial charge on any atom is 0.677 e. The van der Waals surface area contributed by atoms with Crippen molar-refractivity contribution in [3.63, 3.8) is 0 Å². The second-order valence-corrected chi connectivity index (χ2v) is 11.4. The third-order valence-electron chi connectivity index (χ3n) is 7.55. The molecule has 0 unspecified atom stereocenters. The molecule has 2 heterocycles. The van der Waals surface area contributed by atoms with Crippen LogP contribution in [0, 0.1) is 19.8 Å². The summed E-state index contributed by atoms with van der Waals surface area (Å²) in [5.74, 6) is 0.175. The molecule has 0 amide bonds. The van der Waals surface area contributed by atoms with Gasteiger partial charge in [0.2, 0.25) is 0 Å². The van der Waals surface area contributed by atoms with E-state index in [2.05, 4.69) is 19.2 Å². The zero-order valence-electron chi connectivity index (χ0n) is 24.0. The maximum atomic E-state index is 14.2. The summed E-state index contributed by atoms with van der Waals surface area (Å²) in [5.41, 5.74) is 6.82. The fraction of sp³-hybridized carbons (Fsp3) is 0.484. The SMILES string of the molecule is CC1=CC(C)=N/C1=C(/c1ccc(CN[C@@H](CC(C)C)C(=O)OC2CCCC2)cc1)c1c(C)cc(C)n1B(F)F. The fourth-order valence-corrected chi connectivity index (χ4v) is 5.72. The Morgan fingerprint density at radius 1 is 1.13 bits per heavy atom. The number of aromatic nitrogens is 1. The summed E-state index contributed by atoms with van der Waals surface area (Å²) in [6.45, 7) is 12.2. The minimum absolute atomic E-state index is 0.0402. The van der Waals surface area contributed by atoms with Crippen molar-refractivity contribution >= 4 is 24.7 Å². The van der Waals surface area contributed by atoms with E-state index in [4.69, 9.17) is 9.73 Å². The van der Waals surface area contributed by atoms with Gasteiger partial charge >= 0.3 is 13.4 Å². The van der Waals surface area contributed by atoms with E-state index in [0.29, 0.717) is 41.5 Å². The highest BCUT2D eigenvalue weighted by Crippen LogP contribution is 2.37. The van der Waals surface area contributed by atoms with Crippen LogP contribution in [0.1, 0.15) is 87.9 Å². The normalized spacial score (nSPS) is 17.9. The monoisotopic (exact) mass is 535 g/mol. The Kier molecular flexibility index (Phi) is 9.26. The van der Waals surface area contributed by atoms with Gasteiger partial charge in [0.1, 0.15) is 12.1 Å². The molecule has 1 atom stereocenters. The van der Waals surface area contributed by atoms with E-state index in [0.717, 1.165) is 58.1 Å². The number of halogens is 2. The second-order valence-electron chi connectivity index (χ2n) is 11.4. The van der Waals surface area contributed by atoms with Gasteiger partial charge in [-0.3, -0.25) is 18.4 Å². The van der Waals surface area contributed by atoms with Crippen molar-refractivity contribution in [2.45, 2.75) is 92.3 Å². The number of aryl methyl sites for hydroxylation is 2. The Balaban J connectivity index is 1.60. The van der Waals surface area contributed by atoms with Crippen LogP contribution >= 0.6 is 0 Å². The van der Waals surface area contributed by atoms with Crippen LogP contribution in [-0.2, 0) is 16.1 Å². The van der Waals surface area contributed by atoms with Crippen molar-refractivity contribution in [2.24, 2.45) is 10.9 Å². The average molecular weight is 535 g/mol. The van der Waals surface area contributed by atoms with Crippen molar-refractivity contribution in [1.29, 1.82) is 0 Å². The smallest absolute Gasteiger partial charge is 0.461 e.